The van der Waals surface area contributed by atoms with Gasteiger partial charge in [-0.3, -0.25) is 4.79 Å². The number of rotatable bonds is 4. The topological polar surface area (TPSA) is 66.5 Å². The van der Waals surface area contributed by atoms with Gasteiger partial charge in [0, 0.05) is 18.7 Å². The van der Waals surface area contributed by atoms with Crippen LogP contribution in [-0.4, -0.2) is 31.7 Å². The van der Waals surface area contributed by atoms with Crippen molar-refractivity contribution in [2.24, 2.45) is 0 Å². The molecule has 1 aliphatic heterocycles. The number of carbonyl (C=O) groups is 1. The van der Waals surface area contributed by atoms with Crippen LogP contribution in [0.4, 0.5) is 5.69 Å². The van der Waals surface area contributed by atoms with Crippen molar-refractivity contribution in [3.63, 3.8) is 0 Å². The first-order chi connectivity index (χ1) is 12.3. The Kier molecular flexibility index (Phi) is 5.79. The van der Waals surface area contributed by atoms with Crippen LogP contribution in [0.25, 0.3) is 0 Å². The molecule has 138 valence electrons. The lowest BCUT2D eigenvalue weighted by atomic mass is 10.2. The van der Waals surface area contributed by atoms with Gasteiger partial charge in [0.2, 0.25) is 10.0 Å². The van der Waals surface area contributed by atoms with E-state index in [0.717, 1.165) is 12.8 Å². The number of amides is 1. The molecule has 26 heavy (non-hydrogen) atoms. The first-order valence-corrected chi connectivity index (χ1v) is 10.4. The highest BCUT2D eigenvalue weighted by molar-refractivity contribution is 7.89. The Morgan fingerprint density at radius 3 is 2.31 bits per heavy atom. The molecule has 0 aromatic heterocycles. The Morgan fingerprint density at radius 2 is 1.62 bits per heavy atom. The summed E-state index contributed by atoms with van der Waals surface area (Å²) >= 11 is 17.9. The molecule has 0 unspecified atom stereocenters. The summed E-state index contributed by atoms with van der Waals surface area (Å²) in [6.07, 6.45) is 1.68. The molecule has 1 aliphatic rings. The third-order valence-corrected chi connectivity index (χ3v) is 6.99. The monoisotopic (exact) mass is 432 g/mol. The van der Waals surface area contributed by atoms with Gasteiger partial charge in [-0.2, -0.15) is 4.31 Å². The fraction of sp³-hybridized carbons (Fsp3) is 0.235. The van der Waals surface area contributed by atoms with E-state index >= 15 is 0 Å². The van der Waals surface area contributed by atoms with Crippen LogP contribution in [0.2, 0.25) is 15.1 Å². The lowest BCUT2D eigenvalue weighted by molar-refractivity contribution is 0.102. The number of sulfonamides is 1. The number of anilines is 1. The molecule has 9 heteroatoms. The van der Waals surface area contributed by atoms with Gasteiger partial charge in [0.05, 0.1) is 25.7 Å². The molecule has 1 amide bonds. The average Bonchev–Trinajstić information content (AvgIpc) is 3.15. The standard InChI is InChI=1S/C17H15Cl3N2O3S/c18-13-9-15(20)16(10-14(13)19)21-17(23)11-4-3-5-12(8-11)26(24,25)22-6-1-2-7-22/h3-5,8-10H,1-2,6-7H2,(H,21,23). The number of halogens is 3. The second-order valence-electron chi connectivity index (χ2n) is 5.84. The highest BCUT2D eigenvalue weighted by atomic mass is 35.5. The molecule has 0 radical (unpaired) electrons. The van der Waals surface area contributed by atoms with Gasteiger partial charge in [-0.25, -0.2) is 8.42 Å². The van der Waals surface area contributed by atoms with Gasteiger partial charge in [-0.15, -0.1) is 0 Å². The van der Waals surface area contributed by atoms with Crippen LogP contribution < -0.4 is 5.32 Å². The summed E-state index contributed by atoms with van der Waals surface area (Å²) in [5.74, 6) is -0.497. The molecule has 0 bridgehead atoms. The Bertz CT molecular complexity index is 958. The normalized spacial score (nSPS) is 15.2. The third-order valence-electron chi connectivity index (χ3n) is 4.06. The summed E-state index contributed by atoms with van der Waals surface area (Å²) in [4.78, 5) is 12.6. The first kappa shape index (κ1) is 19.5. The molecule has 1 N–H and O–H groups in total. The van der Waals surface area contributed by atoms with Gasteiger partial charge in [0.25, 0.3) is 5.91 Å². The predicted molar refractivity (Wildman–Crippen MR) is 104 cm³/mol. The number of nitrogens with one attached hydrogen (secondary N) is 1. The molecule has 0 spiro atoms. The van der Waals surface area contributed by atoms with Crippen LogP contribution >= 0.6 is 34.8 Å². The Labute approximate surface area is 166 Å². The summed E-state index contributed by atoms with van der Waals surface area (Å²) in [5.41, 5.74) is 0.492. The Morgan fingerprint density at radius 1 is 0.962 bits per heavy atom. The van der Waals surface area contributed by atoms with Crippen molar-refractivity contribution in [2.75, 3.05) is 18.4 Å². The first-order valence-electron chi connectivity index (χ1n) is 7.85. The van der Waals surface area contributed by atoms with Gasteiger partial charge >= 0.3 is 0 Å². The van der Waals surface area contributed by atoms with Crippen LogP contribution in [0.3, 0.4) is 0 Å². The minimum absolute atomic E-state index is 0.0901. The van der Waals surface area contributed by atoms with Crippen molar-refractivity contribution in [3.8, 4) is 0 Å². The Hall–Kier alpha value is -1.31. The van der Waals surface area contributed by atoms with Gasteiger partial charge in [-0.1, -0.05) is 40.9 Å². The van der Waals surface area contributed by atoms with Crippen LogP contribution in [0.5, 0.6) is 0 Å². The van der Waals surface area contributed by atoms with Crippen molar-refractivity contribution in [2.45, 2.75) is 17.7 Å². The van der Waals surface area contributed by atoms with E-state index in [9.17, 15) is 13.2 Å². The number of benzene rings is 2. The smallest absolute Gasteiger partial charge is 0.255 e. The molecule has 1 saturated heterocycles. The molecule has 1 fully saturated rings. The second kappa shape index (κ2) is 7.74. The predicted octanol–water partition coefficient (Wildman–Crippen LogP) is 4.68. The van der Waals surface area contributed by atoms with Gasteiger partial charge in [0.15, 0.2) is 0 Å². The van der Waals surface area contributed by atoms with Crippen molar-refractivity contribution in [1.29, 1.82) is 0 Å². The van der Waals surface area contributed by atoms with E-state index in [1.807, 2.05) is 0 Å². The Balaban J connectivity index is 1.86. The third kappa shape index (κ3) is 4.00. The summed E-state index contributed by atoms with van der Waals surface area (Å²) in [5, 5.41) is 3.37. The molecule has 2 aromatic rings. The summed E-state index contributed by atoms with van der Waals surface area (Å²) in [6.45, 7) is 0.995. The minimum Gasteiger partial charge on any atom is -0.321 e. The zero-order chi connectivity index (χ0) is 18.9. The number of carbonyl (C=O) groups excluding carboxylic acids is 1. The van der Waals surface area contributed by atoms with Crippen LogP contribution in [0.1, 0.15) is 23.2 Å². The lowest BCUT2D eigenvalue weighted by Gasteiger charge is -2.16. The van der Waals surface area contributed by atoms with Gasteiger partial charge in [-0.05, 0) is 43.2 Å². The van der Waals surface area contributed by atoms with E-state index in [1.165, 1.54) is 40.7 Å². The fourth-order valence-electron chi connectivity index (χ4n) is 2.69. The van der Waals surface area contributed by atoms with E-state index in [-0.39, 0.29) is 25.5 Å². The maximum Gasteiger partial charge on any atom is 0.255 e. The van der Waals surface area contributed by atoms with Gasteiger partial charge in [0.1, 0.15) is 0 Å². The average molecular weight is 434 g/mol. The van der Waals surface area contributed by atoms with E-state index in [0.29, 0.717) is 18.8 Å². The van der Waals surface area contributed by atoms with E-state index in [4.69, 9.17) is 34.8 Å². The van der Waals surface area contributed by atoms with Crippen molar-refractivity contribution >= 4 is 56.4 Å². The van der Waals surface area contributed by atoms with Crippen molar-refractivity contribution in [3.05, 3.63) is 57.0 Å². The highest BCUT2D eigenvalue weighted by Gasteiger charge is 2.27. The summed E-state index contributed by atoms with van der Waals surface area (Å²) in [7, 11) is -3.60. The van der Waals surface area contributed by atoms with Crippen LogP contribution in [0.15, 0.2) is 41.3 Å². The van der Waals surface area contributed by atoms with Crippen molar-refractivity contribution < 1.29 is 13.2 Å². The number of hydrogen-bond donors (Lipinski definition) is 1. The molecular formula is C17H15Cl3N2O3S. The summed E-state index contributed by atoms with van der Waals surface area (Å²) < 4.78 is 26.7. The molecule has 2 aromatic carbocycles. The molecule has 5 nitrogen and oxygen atoms in total. The highest BCUT2D eigenvalue weighted by Crippen LogP contribution is 2.32. The van der Waals surface area contributed by atoms with Crippen molar-refractivity contribution in [1.82, 2.24) is 4.31 Å². The molecular weight excluding hydrogens is 419 g/mol. The van der Waals surface area contributed by atoms with E-state index < -0.39 is 15.9 Å². The zero-order valence-corrected chi connectivity index (χ0v) is 16.6. The SMILES string of the molecule is O=C(Nc1cc(Cl)c(Cl)cc1Cl)c1cccc(S(=O)(=O)N2CCCC2)c1. The van der Waals surface area contributed by atoms with Crippen LogP contribution in [0, 0.1) is 0 Å². The minimum atomic E-state index is -3.60. The molecule has 0 aliphatic carbocycles. The summed E-state index contributed by atoms with van der Waals surface area (Å²) in [6, 6.07) is 8.77. The largest absolute Gasteiger partial charge is 0.321 e. The lowest BCUT2D eigenvalue weighted by Crippen LogP contribution is -2.28. The number of hydrogen-bond acceptors (Lipinski definition) is 3. The second-order valence-corrected chi connectivity index (χ2v) is 9.00. The number of nitrogens with zero attached hydrogens (tertiary/aromatic N) is 1. The zero-order valence-electron chi connectivity index (χ0n) is 13.5. The van der Waals surface area contributed by atoms with Gasteiger partial charge < -0.3 is 5.32 Å². The molecule has 0 saturated carbocycles. The molecule has 0 atom stereocenters. The maximum atomic E-state index is 12.6. The fourth-order valence-corrected chi connectivity index (χ4v) is 4.85. The maximum absolute atomic E-state index is 12.6. The quantitative estimate of drug-likeness (QED) is 0.712. The molecule has 1 heterocycles. The van der Waals surface area contributed by atoms with E-state index in [1.54, 1.807) is 0 Å². The molecule has 3 rings (SSSR count). The van der Waals surface area contributed by atoms with E-state index in [2.05, 4.69) is 5.32 Å². The van der Waals surface area contributed by atoms with Crippen LogP contribution in [-0.2, 0) is 10.0 Å².